The van der Waals surface area contributed by atoms with E-state index >= 15 is 0 Å². The number of aromatic nitrogens is 4. The van der Waals surface area contributed by atoms with Crippen LogP contribution in [-0.4, -0.2) is 72.4 Å². The summed E-state index contributed by atoms with van der Waals surface area (Å²) in [7, 11) is 1.37. The molecule has 1 aromatic carbocycles. The van der Waals surface area contributed by atoms with Crippen LogP contribution in [0.2, 0.25) is 0 Å². The number of methoxy groups -OCH3 is 1. The molecule has 1 unspecified atom stereocenters. The molecule has 1 fully saturated rings. The number of anilines is 3. The normalized spacial score (nSPS) is 14.1. The Kier molecular flexibility index (Phi) is 7.28. The smallest absolute Gasteiger partial charge is 0.369 e. The van der Waals surface area contributed by atoms with Crippen molar-refractivity contribution in [2.45, 2.75) is 25.0 Å². The molecule has 1 atom stereocenters. The van der Waals surface area contributed by atoms with Crippen molar-refractivity contribution < 1.29 is 39.3 Å². The Balaban J connectivity index is 1.71. The molecule has 0 spiro atoms. The fraction of sp³-hybridized carbons (Fsp3) is 0.333. The van der Waals surface area contributed by atoms with Gasteiger partial charge >= 0.3 is 6.10 Å². The number of benzene rings is 1. The number of hydrogen-bond donors (Lipinski definition) is 8. The van der Waals surface area contributed by atoms with Crippen molar-refractivity contribution >= 4 is 29.0 Å². The summed E-state index contributed by atoms with van der Waals surface area (Å²) >= 11 is 0. The SMILES string of the molecule is COc1c(Nc2cc(NC(=O)C3CC3)nnc2C(=O)NC(O)(O)O)cccc1-c1nc(C(N)CO)no1. The molecule has 9 N–H and O–H groups in total. The molecule has 0 bridgehead atoms. The predicted octanol–water partition coefficient (Wildman–Crippen LogP) is -1.06. The van der Waals surface area contributed by atoms with Crippen LogP contribution in [0.5, 0.6) is 5.75 Å². The molecule has 1 saturated carbocycles. The molecule has 2 amide bonds. The van der Waals surface area contributed by atoms with Gasteiger partial charge in [-0.2, -0.15) is 4.98 Å². The van der Waals surface area contributed by atoms with Crippen LogP contribution in [-0.2, 0) is 4.79 Å². The number of nitrogens with zero attached hydrogens (tertiary/aromatic N) is 4. The highest BCUT2D eigenvalue weighted by Gasteiger charge is 2.31. The number of carbonyl (C=O) groups is 2. The van der Waals surface area contributed by atoms with Gasteiger partial charge in [0.25, 0.3) is 11.8 Å². The predicted molar refractivity (Wildman–Crippen MR) is 124 cm³/mol. The number of amides is 2. The minimum absolute atomic E-state index is 0.0221. The maximum atomic E-state index is 12.5. The average Bonchev–Trinajstić information content (AvgIpc) is 3.59. The van der Waals surface area contributed by atoms with Gasteiger partial charge in [-0.15, -0.1) is 10.2 Å². The summed E-state index contributed by atoms with van der Waals surface area (Å²) < 4.78 is 10.8. The zero-order valence-corrected chi connectivity index (χ0v) is 19.4. The maximum Gasteiger partial charge on any atom is 0.369 e. The molecule has 0 saturated heterocycles. The Morgan fingerprint density at radius 2 is 2.00 bits per heavy atom. The van der Waals surface area contributed by atoms with Crippen molar-refractivity contribution in [1.82, 2.24) is 25.7 Å². The molecule has 16 nitrogen and oxygen atoms in total. The number of aliphatic hydroxyl groups is 4. The van der Waals surface area contributed by atoms with Gasteiger partial charge in [0.05, 0.1) is 36.7 Å². The Morgan fingerprint density at radius 1 is 1.24 bits per heavy atom. The second kappa shape index (κ2) is 10.4. The number of nitrogens with two attached hydrogens (primary N) is 1. The highest BCUT2D eigenvalue weighted by molar-refractivity contribution is 6.00. The van der Waals surface area contributed by atoms with E-state index in [4.69, 9.17) is 30.3 Å². The summed E-state index contributed by atoms with van der Waals surface area (Å²) in [5.74, 6) is -1.26. The second-order valence-corrected chi connectivity index (χ2v) is 8.10. The van der Waals surface area contributed by atoms with Gasteiger partial charge in [-0.1, -0.05) is 11.2 Å². The van der Waals surface area contributed by atoms with Crippen LogP contribution in [0.3, 0.4) is 0 Å². The van der Waals surface area contributed by atoms with Crippen LogP contribution in [0, 0.1) is 5.92 Å². The first-order valence-electron chi connectivity index (χ1n) is 10.9. The van der Waals surface area contributed by atoms with E-state index in [-0.39, 0.29) is 46.5 Å². The third kappa shape index (κ3) is 6.13. The van der Waals surface area contributed by atoms with E-state index in [0.29, 0.717) is 5.56 Å². The molecule has 3 aromatic rings. The molecular formula is C21H24N8O8. The molecular weight excluding hydrogens is 492 g/mol. The molecule has 1 aliphatic rings. The third-order valence-corrected chi connectivity index (χ3v) is 5.18. The van der Waals surface area contributed by atoms with Gasteiger partial charge in [0.15, 0.2) is 23.1 Å². The fourth-order valence-corrected chi connectivity index (χ4v) is 3.25. The summed E-state index contributed by atoms with van der Waals surface area (Å²) in [6.45, 7) is -0.395. The van der Waals surface area contributed by atoms with E-state index in [0.717, 1.165) is 12.8 Å². The third-order valence-electron chi connectivity index (χ3n) is 5.18. The molecule has 2 heterocycles. The van der Waals surface area contributed by atoms with Gasteiger partial charge in [0, 0.05) is 12.0 Å². The lowest BCUT2D eigenvalue weighted by Crippen LogP contribution is -2.48. The minimum Gasteiger partial charge on any atom is -0.494 e. The Labute approximate surface area is 208 Å². The molecule has 4 rings (SSSR count). The monoisotopic (exact) mass is 516 g/mol. The minimum atomic E-state index is -3.52. The van der Waals surface area contributed by atoms with E-state index < -0.39 is 30.3 Å². The van der Waals surface area contributed by atoms with Crippen LogP contribution in [0.15, 0.2) is 28.8 Å². The summed E-state index contributed by atoms with van der Waals surface area (Å²) in [6.07, 6.45) is -2.01. The van der Waals surface area contributed by atoms with Crippen LogP contribution in [0.4, 0.5) is 17.2 Å². The number of aliphatic hydroxyl groups excluding tert-OH is 1. The van der Waals surface area contributed by atoms with Crippen LogP contribution in [0.1, 0.15) is 35.2 Å². The molecule has 1 aliphatic carbocycles. The number of ether oxygens (including phenoxy) is 1. The average molecular weight is 516 g/mol. The van der Waals surface area contributed by atoms with Gasteiger partial charge in [-0.25, -0.2) is 0 Å². The first-order chi connectivity index (χ1) is 17.6. The molecule has 196 valence electrons. The molecule has 37 heavy (non-hydrogen) atoms. The van der Waals surface area contributed by atoms with Crippen molar-refractivity contribution in [3.63, 3.8) is 0 Å². The van der Waals surface area contributed by atoms with Crippen LogP contribution >= 0.6 is 0 Å². The second-order valence-electron chi connectivity index (χ2n) is 8.10. The van der Waals surface area contributed by atoms with E-state index in [9.17, 15) is 14.7 Å². The lowest BCUT2D eigenvalue weighted by atomic mass is 10.1. The maximum absolute atomic E-state index is 12.5. The van der Waals surface area contributed by atoms with E-state index in [1.165, 1.54) is 18.5 Å². The highest BCUT2D eigenvalue weighted by atomic mass is 16.7. The summed E-state index contributed by atoms with van der Waals surface area (Å²) in [5, 5.41) is 55.1. The Bertz CT molecular complexity index is 1300. The Morgan fingerprint density at radius 3 is 2.65 bits per heavy atom. The highest BCUT2D eigenvalue weighted by Crippen LogP contribution is 2.38. The van der Waals surface area contributed by atoms with Gasteiger partial charge in [-0.3, -0.25) is 14.9 Å². The van der Waals surface area contributed by atoms with Crippen molar-refractivity contribution in [3.05, 3.63) is 35.8 Å². The number of hydrogen-bond acceptors (Lipinski definition) is 14. The number of nitrogens with one attached hydrogen (secondary N) is 3. The molecule has 0 aliphatic heterocycles. The lowest BCUT2D eigenvalue weighted by molar-refractivity contribution is -0.323. The van der Waals surface area contributed by atoms with E-state index in [1.54, 1.807) is 18.2 Å². The van der Waals surface area contributed by atoms with Crippen LogP contribution in [0.25, 0.3) is 11.5 Å². The summed E-state index contributed by atoms with van der Waals surface area (Å²) in [4.78, 5) is 28.9. The van der Waals surface area contributed by atoms with E-state index in [1.807, 2.05) is 0 Å². The zero-order valence-electron chi connectivity index (χ0n) is 19.4. The molecule has 16 heteroatoms. The van der Waals surface area contributed by atoms with Gasteiger partial charge in [-0.05, 0) is 25.0 Å². The first kappa shape index (κ1) is 25.9. The molecule has 0 radical (unpaired) electrons. The molecule has 2 aromatic heterocycles. The number of carbonyl (C=O) groups excluding carboxylic acids is 2. The van der Waals surface area contributed by atoms with Gasteiger partial charge in [0.2, 0.25) is 5.91 Å². The van der Waals surface area contributed by atoms with Gasteiger partial charge in [0.1, 0.15) is 0 Å². The largest absolute Gasteiger partial charge is 0.494 e. The van der Waals surface area contributed by atoms with Gasteiger partial charge < -0.3 is 46.1 Å². The Hall–Kier alpha value is -4.22. The van der Waals surface area contributed by atoms with E-state index in [2.05, 4.69) is 31.0 Å². The van der Waals surface area contributed by atoms with Crippen LogP contribution < -0.4 is 26.4 Å². The first-order valence-corrected chi connectivity index (χ1v) is 10.9. The summed E-state index contributed by atoms with van der Waals surface area (Å²) in [6, 6.07) is 5.25. The topological polar surface area (TPSA) is 251 Å². The summed E-state index contributed by atoms with van der Waals surface area (Å²) in [5.41, 5.74) is 5.86. The van der Waals surface area contributed by atoms with Crippen molar-refractivity contribution in [1.29, 1.82) is 0 Å². The standard InChI is InChI=1S/C21H24N8O8/c1-36-16-10(20-25-17(29-37-20)11(22)8-30)3-2-4-12(16)23-13-7-14(24-18(31)9-5-6-9)27-28-15(13)19(32)26-21(33,34)35/h2-4,7,9,11,30,33-35H,5-6,8,22H2,1H3,(H,26,32)(H2,23,24,27,31). The van der Waals surface area contributed by atoms with Crippen molar-refractivity contribution in [2.24, 2.45) is 11.7 Å². The number of rotatable bonds is 10. The fourth-order valence-electron chi connectivity index (χ4n) is 3.25. The number of para-hydroxylation sites is 1. The zero-order chi connectivity index (χ0) is 26.7. The van der Waals surface area contributed by atoms with Crippen molar-refractivity contribution in [2.75, 3.05) is 24.4 Å². The lowest BCUT2D eigenvalue weighted by Gasteiger charge is -2.18. The van der Waals surface area contributed by atoms with Crippen molar-refractivity contribution in [3.8, 4) is 17.2 Å². The quantitative estimate of drug-likeness (QED) is 0.150.